The molecule has 2 aromatic carbocycles. The van der Waals surface area contributed by atoms with E-state index in [1.165, 1.54) is 0 Å². The van der Waals surface area contributed by atoms with E-state index in [2.05, 4.69) is 0 Å². The fraction of sp³-hybridized carbons (Fsp3) is 0.286. The summed E-state index contributed by atoms with van der Waals surface area (Å²) in [5.41, 5.74) is 2.15. The van der Waals surface area contributed by atoms with Gasteiger partial charge in [-0.15, -0.1) is 0 Å². The average molecular weight is 350 g/mol. The van der Waals surface area contributed by atoms with Gasteiger partial charge < -0.3 is 18.9 Å². The van der Waals surface area contributed by atoms with Crippen molar-refractivity contribution in [2.24, 2.45) is 0 Å². The zero-order valence-electron chi connectivity index (χ0n) is 14.8. The second-order valence-electron chi connectivity index (χ2n) is 6.48. The highest BCUT2D eigenvalue weighted by Gasteiger charge is 2.25. The Morgan fingerprint density at radius 2 is 2.04 bits per heavy atom. The van der Waals surface area contributed by atoms with E-state index in [1.54, 1.807) is 7.11 Å². The van der Waals surface area contributed by atoms with Crippen LogP contribution >= 0.6 is 0 Å². The minimum Gasteiger partial charge on any atom is -0.497 e. The molecular weight excluding hydrogens is 328 g/mol. The largest absolute Gasteiger partial charge is 0.497 e. The van der Waals surface area contributed by atoms with E-state index >= 15 is 0 Å². The first kappa shape index (κ1) is 16.7. The molecule has 0 radical (unpaired) electrons. The van der Waals surface area contributed by atoms with Crippen LogP contribution in [0.15, 0.2) is 60.8 Å². The van der Waals surface area contributed by atoms with Gasteiger partial charge in [0, 0.05) is 23.6 Å². The number of nitrogens with zero attached hydrogens (tertiary/aromatic N) is 2. The number of methoxy groups -OCH3 is 1. The minimum atomic E-state index is -0.0560. The van der Waals surface area contributed by atoms with Crippen molar-refractivity contribution < 1.29 is 14.3 Å². The maximum absolute atomic E-state index is 12.8. The number of aromatic nitrogens is 1. The van der Waals surface area contributed by atoms with E-state index in [9.17, 15) is 4.79 Å². The Labute approximate surface area is 152 Å². The maximum atomic E-state index is 12.8. The third-order valence-electron chi connectivity index (χ3n) is 4.87. The lowest BCUT2D eigenvalue weighted by molar-refractivity contribution is -0.139. The summed E-state index contributed by atoms with van der Waals surface area (Å²) in [6, 6.07) is 18.0. The molecule has 3 aromatic rings. The van der Waals surface area contributed by atoms with Gasteiger partial charge in [0.2, 0.25) is 5.91 Å². The molecule has 1 aliphatic rings. The van der Waals surface area contributed by atoms with Gasteiger partial charge in [0.05, 0.1) is 20.3 Å². The molecule has 0 spiro atoms. The highest BCUT2D eigenvalue weighted by Crippen LogP contribution is 2.24. The molecule has 26 heavy (non-hydrogen) atoms. The van der Waals surface area contributed by atoms with Gasteiger partial charge in [-0.25, -0.2) is 0 Å². The zero-order chi connectivity index (χ0) is 17.9. The van der Waals surface area contributed by atoms with Crippen LogP contribution in [0.25, 0.3) is 10.9 Å². The normalized spacial score (nSPS) is 17.4. The Morgan fingerprint density at radius 1 is 1.19 bits per heavy atom. The molecule has 1 saturated heterocycles. The van der Waals surface area contributed by atoms with Crippen molar-refractivity contribution >= 4 is 16.8 Å². The molecule has 0 bridgehead atoms. The van der Waals surface area contributed by atoms with Gasteiger partial charge >= 0.3 is 0 Å². The van der Waals surface area contributed by atoms with Gasteiger partial charge in [-0.05, 0) is 29.8 Å². The number of carbonyl (C=O) groups excluding carboxylic acids is 1. The topological polar surface area (TPSA) is 43.7 Å². The third-order valence-corrected chi connectivity index (χ3v) is 4.87. The first-order valence-corrected chi connectivity index (χ1v) is 8.82. The van der Waals surface area contributed by atoms with Crippen molar-refractivity contribution in [2.45, 2.75) is 12.6 Å². The fourth-order valence-electron chi connectivity index (χ4n) is 3.43. The molecular formula is C21H22N2O3. The number of carbonyl (C=O) groups is 1. The molecule has 1 aliphatic heterocycles. The highest BCUT2D eigenvalue weighted by molar-refractivity contribution is 5.84. The number of benzene rings is 2. The van der Waals surface area contributed by atoms with Gasteiger partial charge in [-0.3, -0.25) is 4.79 Å². The molecule has 4 rings (SSSR count). The Kier molecular flexibility index (Phi) is 4.63. The van der Waals surface area contributed by atoms with E-state index in [1.807, 2.05) is 70.3 Å². The first-order chi connectivity index (χ1) is 12.7. The summed E-state index contributed by atoms with van der Waals surface area (Å²) in [5.74, 6) is 0.933. The van der Waals surface area contributed by atoms with Crippen molar-refractivity contribution in [3.05, 3.63) is 66.4 Å². The van der Waals surface area contributed by atoms with Crippen molar-refractivity contribution in [2.75, 3.05) is 26.8 Å². The van der Waals surface area contributed by atoms with Crippen LogP contribution in [0.2, 0.25) is 0 Å². The standard InChI is InChI=1S/C21H22N2O3/c1-25-18-7-8-19-17(13-18)9-10-22(19)15-21(24)23-11-12-26-20(14-23)16-5-3-2-4-6-16/h2-10,13,20H,11-12,14-15H2,1H3/t20-/m1/s1. The lowest BCUT2D eigenvalue weighted by atomic mass is 10.1. The minimum absolute atomic E-state index is 0.0560. The molecule has 5 nitrogen and oxygen atoms in total. The summed E-state index contributed by atoms with van der Waals surface area (Å²) in [7, 11) is 1.66. The van der Waals surface area contributed by atoms with Gasteiger partial charge in [-0.1, -0.05) is 30.3 Å². The van der Waals surface area contributed by atoms with E-state index < -0.39 is 0 Å². The Hall–Kier alpha value is -2.79. The van der Waals surface area contributed by atoms with Crippen LogP contribution in [-0.2, 0) is 16.1 Å². The van der Waals surface area contributed by atoms with E-state index in [0.29, 0.717) is 26.2 Å². The molecule has 134 valence electrons. The monoisotopic (exact) mass is 350 g/mol. The molecule has 0 N–H and O–H groups in total. The van der Waals surface area contributed by atoms with Gasteiger partial charge in [-0.2, -0.15) is 0 Å². The molecule has 1 atom stereocenters. The van der Waals surface area contributed by atoms with Crippen LogP contribution in [0, 0.1) is 0 Å². The van der Waals surface area contributed by atoms with E-state index in [0.717, 1.165) is 22.2 Å². The Morgan fingerprint density at radius 3 is 2.85 bits per heavy atom. The van der Waals surface area contributed by atoms with Crippen LogP contribution in [-0.4, -0.2) is 42.2 Å². The molecule has 0 saturated carbocycles. The summed E-state index contributed by atoms with van der Waals surface area (Å²) in [5, 5.41) is 1.07. The van der Waals surface area contributed by atoms with Crippen molar-refractivity contribution in [3.8, 4) is 5.75 Å². The van der Waals surface area contributed by atoms with Crippen LogP contribution in [0.3, 0.4) is 0 Å². The van der Waals surface area contributed by atoms with Crippen LogP contribution in [0.1, 0.15) is 11.7 Å². The molecule has 0 unspecified atom stereocenters. The molecule has 0 aliphatic carbocycles. The van der Waals surface area contributed by atoms with Crippen LogP contribution in [0.5, 0.6) is 5.75 Å². The second kappa shape index (κ2) is 7.22. The second-order valence-corrected chi connectivity index (χ2v) is 6.48. The van der Waals surface area contributed by atoms with Gasteiger partial charge in [0.25, 0.3) is 0 Å². The fourth-order valence-corrected chi connectivity index (χ4v) is 3.43. The number of ether oxygens (including phenoxy) is 2. The number of hydrogen-bond donors (Lipinski definition) is 0. The van der Waals surface area contributed by atoms with Crippen LogP contribution < -0.4 is 4.74 Å². The summed E-state index contributed by atoms with van der Waals surface area (Å²) in [6.45, 7) is 2.12. The number of hydrogen-bond acceptors (Lipinski definition) is 3. The van der Waals surface area contributed by atoms with Crippen molar-refractivity contribution in [1.82, 2.24) is 9.47 Å². The number of rotatable bonds is 4. The summed E-state index contributed by atoms with van der Waals surface area (Å²) >= 11 is 0. The smallest absolute Gasteiger partial charge is 0.242 e. The zero-order valence-corrected chi connectivity index (χ0v) is 14.8. The van der Waals surface area contributed by atoms with Crippen LogP contribution in [0.4, 0.5) is 0 Å². The molecule has 5 heteroatoms. The molecule has 1 fully saturated rings. The predicted octanol–water partition coefficient (Wildman–Crippen LogP) is 3.25. The summed E-state index contributed by atoms with van der Waals surface area (Å²) in [4.78, 5) is 14.7. The van der Waals surface area contributed by atoms with Crippen molar-refractivity contribution in [3.63, 3.8) is 0 Å². The Balaban J connectivity index is 1.48. The summed E-state index contributed by atoms with van der Waals surface area (Å²) in [6.07, 6.45) is 1.90. The number of fused-ring (bicyclic) bond motifs is 1. The molecule has 1 aromatic heterocycles. The van der Waals surface area contributed by atoms with Crippen molar-refractivity contribution in [1.29, 1.82) is 0 Å². The lowest BCUT2D eigenvalue weighted by Crippen LogP contribution is -2.43. The van der Waals surface area contributed by atoms with Gasteiger partial charge in [0.1, 0.15) is 18.4 Å². The SMILES string of the molecule is COc1ccc2c(ccn2CC(=O)N2CCO[C@@H](c3ccccc3)C2)c1. The molecule has 2 heterocycles. The van der Waals surface area contributed by atoms with Gasteiger partial charge in [0.15, 0.2) is 0 Å². The van der Waals surface area contributed by atoms with E-state index in [4.69, 9.17) is 9.47 Å². The average Bonchev–Trinajstić information content (AvgIpc) is 3.10. The number of amides is 1. The third kappa shape index (κ3) is 3.30. The number of morpholine rings is 1. The summed E-state index contributed by atoms with van der Waals surface area (Å²) < 4.78 is 13.1. The maximum Gasteiger partial charge on any atom is 0.242 e. The molecule has 1 amide bonds. The first-order valence-electron chi connectivity index (χ1n) is 8.82. The Bertz CT molecular complexity index is 904. The van der Waals surface area contributed by atoms with E-state index in [-0.39, 0.29) is 12.0 Å². The predicted molar refractivity (Wildman–Crippen MR) is 100 cm³/mol. The lowest BCUT2D eigenvalue weighted by Gasteiger charge is -2.33. The highest BCUT2D eigenvalue weighted by atomic mass is 16.5. The quantitative estimate of drug-likeness (QED) is 0.725.